The van der Waals surface area contributed by atoms with Gasteiger partial charge in [-0.3, -0.25) is 15.0 Å². The van der Waals surface area contributed by atoms with Gasteiger partial charge in [0, 0.05) is 18.2 Å². The predicted octanol–water partition coefficient (Wildman–Crippen LogP) is 1.26. The molecule has 0 spiro atoms. The Bertz CT molecular complexity index is 1240. The highest BCUT2D eigenvalue weighted by molar-refractivity contribution is 7.88. The van der Waals surface area contributed by atoms with Crippen molar-refractivity contribution in [3.05, 3.63) is 71.3 Å². The molecule has 6 N–H and O–H groups in total. The van der Waals surface area contributed by atoms with E-state index in [0.29, 0.717) is 36.8 Å². The maximum atomic E-state index is 13.3. The van der Waals surface area contributed by atoms with E-state index >= 15 is 0 Å². The number of carbonyl (C=O) groups is 2. The van der Waals surface area contributed by atoms with Crippen molar-refractivity contribution in [1.29, 1.82) is 5.41 Å². The van der Waals surface area contributed by atoms with Crippen LogP contribution in [0.1, 0.15) is 42.4 Å². The third-order valence-electron chi connectivity index (χ3n) is 7.11. The first kappa shape index (κ1) is 29.6. The van der Waals surface area contributed by atoms with Crippen molar-refractivity contribution in [2.75, 3.05) is 6.54 Å². The molecule has 10 nitrogen and oxygen atoms in total. The standard InChI is InChI=1S/C26H33N5O5S.ClH/c27-25(28)19-8-6-17(7-9-19)14-29-26(34)23-12-20-10-11-21(32)13-22(20)31(23)24(33)15-30-37(35,36)16-18-4-2-1-3-5-18;/h1-9,20-23,30,32H,10-16H2,(H3,27,28)(H,29,34);1H/t20-,21+,22-,23+;/m1./s1. The molecule has 2 aromatic carbocycles. The lowest BCUT2D eigenvalue weighted by Crippen LogP contribution is -2.53. The van der Waals surface area contributed by atoms with E-state index in [1.165, 1.54) is 4.90 Å². The largest absolute Gasteiger partial charge is 0.393 e. The summed E-state index contributed by atoms with van der Waals surface area (Å²) in [6.07, 6.45) is 1.58. The normalized spacial score (nSPS) is 22.7. The summed E-state index contributed by atoms with van der Waals surface area (Å²) < 4.78 is 27.5. The summed E-state index contributed by atoms with van der Waals surface area (Å²) in [5.41, 5.74) is 7.49. The van der Waals surface area contributed by atoms with Gasteiger partial charge in [-0.15, -0.1) is 12.4 Å². The van der Waals surface area contributed by atoms with Crippen LogP contribution < -0.4 is 15.8 Å². The number of rotatable bonds is 9. The van der Waals surface area contributed by atoms with E-state index < -0.39 is 34.6 Å². The Hall–Kier alpha value is -2.99. The highest BCUT2D eigenvalue weighted by Gasteiger charge is 2.48. The third kappa shape index (κ3) is 7.31. The highest BCUT2D eigenvalue weighted by atomic mass is 35.5. The zero-order chi connectivity index (χ0) is 26.6. The number of halogens is 1. The molecular formula is C26H34ClN5O5S. The first-order valence-corrected chi connectivity index (χ1v) is 14.0. The van der Waals surface area contributed by atoms with Crippen LogP contribution >= 0.6 is 12.4 Å². The number of sulfonamides is 1. The summed E-state index contributed by atoms with van der Waals surface area (Å²) in [6.45, 7) is -0.220. The van der Waals surface area contributed by atoms with Crippen LogP contribution in [-0.2, 0) is 31.9 Å². The van der Waals surface area contributed by atoms with Crippen molar-refractivity contribution < 1.29 is 23.1 Å². The van der Waals surface area contributed by atoms with E-state index in [2.05, 4.69) is 10.0 Å². The van der Waals surface area contributed by atoms with Crippen LogP contribution in [0, 0.1) is 11.3 Å². The number of nitrogens with two attached hydrogens (primary N) is 1. The lowest BCUT2D eigenvalue weighted by atomic mass is 9.83. The minimum Gasteiger partial charge on any atom is -0.393 e. The van der Waals surface area contributed by atoms with Gasteiger partial charge in [-0.25, -0.2) is 13.1 Å². The predicted molar refractivity (Wildman–Crippen MR) is 146 cm³/mol. The SMILES string of the molecule is Cl.N=C(N)c1ccc(CNC(=O)[C@@H]2C[C@H]3CC[C@H](O)C[C@H]3N2C(=O)CNS(=O)(=O)Cc2ccccc2)cc1. The maximum absolute atomic E-state index is 13.3. The second-order valence-electron chi connectivity index (χ2n) is 9.74. The quantitative estimate of drug-likeness (QED) is 0.227. The van der Waals surface area contributed by atoms with Crippen LogP contribution in [0.15, 0.2) is 54.6 Å². The molecule has 1 heterocycles. The second kappa shape index (κ2) is 12.7. The van der Waals surface area contributed by atoms with E-state index in [9.17, 15) is 23.1 Å². The molecule has 38 heavy (non-hydrogen) atoms. The number of aliphatic hydroxyl groups is 1. The molecule has 2 aromatic rings. The number of nitrogens with one attached hydrogen (secondary N) is 3. The van der Waals surface area contributed by atoms with Gasteiger partial charge in [0.2, 0.25) is 21.8 Å². The Labute approximate surface area is 229 Å². The van der Waals surface area contributed by atoms with Crippen LogP contribution in [0.5, 0.6) is 0 Å². The number of carbonyl (C=O) groups excluding carboxylic acids is 2. The molecule has 1 aliphatic heterocycles. The molecule has 2 aliphatic rings. The van der Waals surface area contributed by atoms with Crippen molar-refractivity contribution in [1.82, 2.24) is 14.9 Å². The minimum atomic E-state index is -3.76. The molecule has 0 bridgehead atoms. The molecule has 0 radical (unpaired) electrons. The Balaban J connectivity index is 0.00000400. The third-order valence-corrected chi connectivity index (χ3v) is 8.41. The van der Waals surface area contributed by atoms with Gasteiger partial charge >= 0.3 is 0 Å². The molecule has 0 aromatic heterocycles. The van der Waals surface area contributed by atoms with Crippen LogP contribution in [0.4, 0.5) is 0 Å². The summed E-state index contributed by atoms with van der Waals surface area (Å²) in [4.78, 5) is 28.0. The first-order chi connectivity index (χ1) is 17.6. The first-order valence-electron chi connectivity index (χ1n) is 12.3. The molecule has 2 amide bonds. The Kier molecular flexibility index (Phi) is 9.88. The van der Waals surface area contributed by atoms with Crippen molar-refractivity contribution in [2.45, 2.75) is 56.2 Å². The Morgan fingerprint density at radius 3 is 2.37 bits per heavy atom. The fraction of sp³-hybridized carbons (Fsp3) is 0.423. The summed E-state index contributed by atoms with van der Waals surface area (Å²) in [5.74, 6) is -1.03. The lowest BCUT2D eigenvalue weighted by molar-refractivity contribution is -0.140. The van der Waals surface area contributed by atoms with Gasteiger partial charge in [0.25, 0.3) is 0 Å². The van der Waals surface area contributed by atoms with Crippen molar-refractivity contribution in [3.8, 4) is 0 Å². The number of likely N-dealkylation sites (tertiary alicyclic amines) is 1. The second-order valence-corrected chi connectivity index (χ2v) is 11.5. The van der Waals surface area contributed by atoms with Gasteiger partial charge in [0.15, 0.2) is 0 Å². The van der Waals surface area contributed by atoms with E-state index in [1.54, 1.807) is 54.6 Å². The maximum Gasteiger partial charge on any atom is 0.243 e. The van der Waals surface area contributed by atoms with Gasteiger partial charge in [-0.2, -0.15) is 0 Å². The molecule has 1 saturated heterocycles. The van der Waals surface area contributed by atoms with Crippen LogP contribution in [0.25, 0.3) is 0 Å². The molecule has 1 aliphatic carbocycles. The van der Waals surface area contributed by atoms with Crippen LogP contribution in [0.3, 0.4) is 0 Å². The van der Waals surface area contributed by atoms with Crippen LogP contribution in [0.2, 0.25) is 0 Å². The van der Waals surface area contributed by atoms with Crippen LogP contribution in [-0.4, -0.2) is 60.8 Å². The number of fused-ring (bicyclic) bond motifs is 1. The monoisotopic (exact) mass is 563 g/mol. The number of benzene rings is 2. The van der Waals surface area contributed by atoms with Crippen molar-refractivity contribution in [3.63, 3.8) is 0 Å². The lowest BCUT2D eigenvalue weighted by Gasteiger charge is -2.35. The number of hydrogen-bond acceptors (Lipinski definition) is 6. The number of nitrogens with zero attached hydrogens (tertiary/aromatic N) is 1. The summed E-state index contributed by atoms with van der Waals surface area (Å²) >= 11 is 0. The number of amides is 2. The number of nitrogen functional groups attached to an aromatic ring is 1. The minimum absolute atomic E-state index is 0. The molecule has 0 unspecified atom stereocenters. The zero-order valence-corrected chi connectivity index (χ0v) is 22.5. The molecule has 12 heteroatoms. The zero-order valence-electron chi connectivity index (χ0n) is 20.9. The molecular weight excluding hydrogens is 530 g/mol. The van der Waals surface area contributed by atoms with E-state index in [0.717, 1.165) is 5.56 Å². The Morgan fingerprint density at radius 1 is 1.03 bits per heavy atom. The fourth-order valence-electron chi connectivity index (χ4n) is 5.24. The molecule has 4 rings (SSSR count). The van der Waals surface area contributed by atoms with Gasteiger partial charge in [0.1, 0.15) is 11.9 Å². The number of aliphatic hydroxyl groups excluding tert-OH is 1. The van der Waals surface area contributed by atoms with Crippen molar-refractivity contribution >= 4 is 40.1 Å². The fourth-order valence-corrected chi connectivity index (χ4v) is 6.32. The van der Waals surface area contributed by atoms with Gasteiger partial charge in [-0.1, -0.05) is 54.6 Å². The molecule has 4 atom stereocenters. The van der Waals surface area contributed by atoms with Crippen molar-refractivity contribution in [2.24, 2.45) is 11.7 Å². The van der Waals surface area contributed by atoms with Gasteiger partial charge in [-0.05, 0) is 42.7 Å². The smallest absolute Gasteiger partial charge is 0.243 e. The highest BCUT2D eigenvalue weighted by Crippen LogP contribution is 2.40. The number of amidine groups is 1. The van der Waals surface area contributed by atoms with E-state index in [-0.39, 0.29) is 48.4 Å². The average molecular weight is 564 g/mol. The average Bonchev–Trinajstić information content (AvgIpc) is 3.25. The summed E-state index contributed by atoms with van der Waals surface area (Å²) in [5, 5.41) is 20.6. The topological polar surface area (TPSA) is 166 Å². The molecule has 2 fully saturated rings. The van der Waals surface area contributed by atoms with E-state index in [4.69, 9.17) is 11.1 Å². The molecule has 1 saturated carbocycles. The Morgan fingerprint density at radius 2 is 1.71 bits per heavy atom. The van der Waals surface area contributed by atoms with E-state index in [1.807, 2.05) is 0 Å². The van der Waals surface area contributed by atoms with Gasteiger partial charge < -0.3 is 21.1 Å². The van der Waals surface area contributed by atoms with Gasteiger partial charge in [0.05, 0.1) is 18.4 Å². The summed E-state index contributed by atoms with van der Waals surface area (Å²) in [6, 6.07) is 14.6. The number of hydrogen-bond donors (Lipinski definition) is 5. The molecule has 206 valence electrons. The summed E-state index contributed by atoms with van der Waals surface area (Å²) in [7, 11) is -3.76.